The van der Waals surface area contributed by atoms with Gasteiger partial charge in [0, 0.05) is 6.61 Å². The molecule has 0 saturated heterocycles. The predicted molar refractivity (Wildman–Crippen MR) is 74.5 cm³/mol. The van der Waals surface area contributed by atoms with Crippen molar-refractivity contribution in [1.29, 1.82) is 0 Å². The van der Waals surface area contributed by atoms with Gasteiger partial charge in [-0.15, -0.1) is 0 Å². The molecule has 1 saturated carbocycles. The number of nitrogens with one attached hydrogen (secondary N) is 1. The minimum atomic E-state index is -0.916. The Bertz CT molecular complexity index is 482. The summed E-state index contributed by atoms with van der Waals surface area (Å²) in [4.78, 5) is 22.9. The molecule has 1 heterocycles. The minimum absolute atomic E-state index is 0.253. The van der Waals surface area contributed by atoms with Crippen molar-refractivity contribution < 1.29 is 23.8 Å². The Morgan fingerprint density at radius 3 is 2.71 bits per heavy atom. The van der Waals surface area contributed by atoms with E-state index in [0.29, 0.717) is 31.3 Å². The molecule has 1 aromatic rings. The van der Waals surface area contributed by atoms with Crippen LogP contribution in [0.3, 0.4) is 0 Å². The number of carboxylic acid groups (broad SMARTS) is 1. The number of rotatable bonds is 8. The lowest BCUT2D eigenvalue weighted by Crippen LogP contribution is -2.33. The van der Waals surface area contributed by atoms with E-state index in [9.17, 15) is 9.59 Å². The maximum absolute atomic E-state index is 12.1. The Balaban J connectivity index is 1.90. The molecule has 2 N–H and O–H groups in total. The number of ether oxygens (including phenoxy) is 1. The van der Waals surface area contributed by atoms with Crippen LogP contribution in [0.1, 0.15) is 32.1 Å². The molecule has 1 aromatic heterocycles. The van der Waals surface area contributed by atoms with Crippen LogP contribution in [0.5, 0.6) is 0 Å². The average Bonchev–Trinajstić information content (AvgIpc) is 3.05. The largest absolute Gasteiger partial charge is 0.481 e. The van der Waals surface area contributed by atoms with E-state index in [-0.39, 0.29) is 11.9 Å². The molecule has 1 fully saturated rings. The molecule has 6 heteroatoms. The molecule has 1 aliphatic carbocycles. The summed E-state index contributed by atoms with van der Waals surface area (Å²) in [5.74, 6) is -1.15. The maximum Gasteiger partial charge on any atom is 0.307 e. The number of furan rings is 1. The SMILES string of the molecule is CC(C)COCC(NC(=O)C1CC1C(=O)O)c1ccco1. The highest BCUT2D eigenvalue weighted by molar-refractivity contribution is 5.89. The van der Waals surface area contributed by atoms with E-state index in [1.165, 1.54) is 6.26 Å². The number of hydrogen-bond acceptors (Lipinski definition) is 4. The second kappa shape index (κ2) is 6.76. The average molecular weight is 295 g/mol. The summed E-state index contributed by atoms with van der Waals surface area (Å²) < 4.78 is 10.9. The van der Waals surface area contributed by atoms with Crippen LogP contribution in [0.25, 0.3) is 0 Å². The molecule has 21 heavy (non-hydrogen) atoms. The Labute approximate surface area is 123 Å². The van der Waals surface area contributed by atoms with E-state index >= 15 is 0 Å². The van der Waals surface area contributed by atoms with E-state index in [4.69, 9.17) is 14.3 Å². The van der Waals surface area contributed by atoms with Gasteiger partial charge in [-0.25, -0.2) is 0 Å². The van der Waals surface area contributed by atoms with Crippen molar-refractivity contribution in [2.24, 2.45) is 17.8 Å². The third kappa shape index (κ3) is 4.32. The molecule has 3 unspecified atom stereocenters. The molecular weight excluding hydrogens is 274 g/mol. The molecule has 0 bridgehead atoms. The van der Waals surface area contributed by atoms with E-state index in [1.807, 2.05) is 13.8 Å². The number of carboxylic acids is 1. The van der Waals surface area contributed by atoms with Crippen LogP contribution in [0, 0.1) is 17.8 Å². The van der Waals surface area contributed by atoms with Gasteiger partial charge >= 0.3 is 5.97 Å². The topological polar surface area (TPSA) is 88.8 Å². The van der Waals surface area contributed by atoms with Gasteiger partial charge in [-0.1, -0.05) is 13.8 Å². The van der Waals surface area contributed by atoms with Gasteiger partial charge in [0.25, 0.3) is 0 Å². The second-order valence-electron chi connectivity index (χ2n) is 5.79. The summed E-state index contributed by atoms with van der Waals surface area (Å²) in [6.07, 6.45) is 1.94. The third-order valence-corrected chi connectivity index (χ3v) is 3.38. The summed E-state index contributed by atoms with van der Waals surface area (Å²) in [6, 6.07) is 3.13. The van der Waals surface area contributed by atoms with Gasteiger partial charge in [-0.2, -0.15) is 0 Å². The highest BCUT2D eigenvalue weighted by atomic mass is 16.5. The second-order valence-corrected chi connectivity index (χ2v) is 5.79. The number of carbonyl (C=O) groups is 2. The fraction of sp³-hybridized carbons (Fsp3) is 0.600. The zero-order valence-corrected chi connectivity index (χ0v) is 12.2. The fourth-order valence-electron chi connectivity index (χ4n) is 2.14. The molecule has 0 spiro atoms. The lowest BCUT2D eigenvalue weighted by molar-refractivity contribution is -0.140. The van der Waals surface area contributed by atoms with Crippen molar-refractivity contribution in [3.8, 4) is 0 Å². The monoisotopic (exact) mass is 295 g/mol. The molecule has 2 rings (SSSR count). The Kier molecular flexibility index (Phi) is 5.01. The molecule has 3 atom stereocenters. The van der Waals surface area contributed by atoms with Gasteiger partial charge in [0.15, 0.2) is 0 Å². The molecule has 116 valence electrons. The zero-order valence-electron chi connectivity index (χ0n) is 12.2. The first-order valence-corrected chi connectivity index (χ1v) is 7.13. The van der Waals surface area contributed by atoms with Crippen molar-refractivity contribution in [1.82, 2.24) is 5.32 Å². The Morgan fingerprint density at radius 1 is 1.43 bits per heavy atom. The number of amides is 1. The van der Waals surface area contributed by atoms with Gasteiger partial charge < -0.3 is 19.6 Å². The number of hydrogen-bond donors (Lipinski definition) is 2. The van der Waals surface area contributed by atoms with Crippen LogP contribution in [-0.4, -0.2) is 30.2 Å². The normalized spacial score (nSPS) is 22.0. The predicted octanol–water partition coefficient (Wildman–Crippen LogP) is 1.83. The van der Waals surface area contributed by atoms with E-state index in [1.54, 1.807) is 12.1 Å². The summed E-state index contributed by atoms with van der Waals surface area (Å²) >= 11 is 0. The highest BCUT2D eigenvalue weighted by Gasteiger charge is 2.48. The van der Waals surface area contributed by atoms with E-state index in [0.717, 1.165) is 0 Å². The highest BCUT2D eigenvalue weighted by Crippen LogP contribution is 2.39. The smallest absolute Gasteiger partial charge is 0.307 e. The van der Waals surface area contributed by atoms with Gasteiger partial charge in [0.2, 0.25) is 5.91 Å². The van der Waals surface area contributed by atoms with Crippen molar-refractivity contribution in [2.45, 2.75) is 26.3 Å². The molecule has 0 aliphatic heterocycles. The van der Waals surface area contributed by atoms with Crippen LogP contribution < -0.4 is 5.32 Å². The van der Waals surface area contributed by atoms with Crippen LogP contribution in [0.2, 0.25) is 0 Å². The number of aliphatic carboxylic acids is 1. The molecule has 0 aromatic carbocycles. The molecule has 0 radical (unpaired) electrons. The van der Waals surface area contributed by atoms with E-state index in [2.05, 4.69) is 5.32 Å². The lowest BCUT2D eigenvalue weighted by atomic mass is 10.2. The third-order valence-electron chi connectivity index (χ3n) is 3.38. The first-order chi connectivity index (χ1) is 9.99. The van der Waals surface area contributed by atoms with Crippen molar-refractivity contribution in [3.05, 3.63) is 24.2 Å². The van der Waals surface area contributed by atoms with Crippen molar-refractivity contribution in [3.63, 3.8) is 0 Å². The zero-order chi connectivity index (χ0) is 15.4. The summed E-state index contributed by atoms with van der Waals surface area (Å²) in [5, 5.41) is 11.7. The lowest BCUT2D eigenvalue weighted by Gasteiger charge is -2.17. The van der Waals surface area contributed by atoms with Crippen molar-refractivity contribution >= 4 is 11.9 Å². The molecule has 1 amide bonds. The van der Waals surface area contributed by atoms with Crippen LogP contribution in [0.4, 0.5) is 0 Å². The van der Waals surface area contributed by atoms with Crippen LogP contribution in [0.15, 0.2) is 22.8 Å². The first-order valence-electron chi connectivity index (χ1n) is 7.13. The van der Waals surface area contributed by atoms with Gasteiger partial charge in [-0.3, -0.25) is 9.59 Å². The summed E-state index contributed by atoms with van der Waals surface area (Å²) in [7, 11) is 0. The summed E-state index contributed by atoms with van der Waals surface area (Å²) in [6.45, 7) is 4.99. The molecule has 6 nitrogen and oxygen atoms in total. The number of carbonyl (C=O) groups excluding carboxylic acids is 1. The Hall–Kier alpha value is -1.82. The quantitative estimate of drug-likeness (QED) is 0.763. The van der Waals surface area contributed by atoms with Gasteiger partial charge in [0.1, 0.15) is 11.8 Å². The van der Waals surface area contributed by atoms with Gasteiger partial charge in [0.05, 0.1) is 24.7 Å². The van der Waals surface area contributed by atoms with Crippen molar-refractivity contribution in [2.75, 3.05) is 13.2 Å². The summed E-state index contributed by atoms with van der Waals surface area (Å²) in [5.41, 5.74) is 0. The van der Waals surface area contributed by atoms with E-state index < -0.39 is 17.8 Å². The Morgan fingerprint density at radius 2 is 2.19 bits per heavy atom. The maximum atomic E-state index is 12.1. The van der Waals surface area contributed by atoms with Gasteiger partial charge in [-0.05, 0) is 24.5 Å². The minimum Gasteiger partial charge on any atom is -0.481 e. The standard InChI is InChI=1S/C15H21NO5/c1-9(2)7-20-8-12(13-4-3-5-21-13)16-14(17)10-6-11(10)15(18)19/h3-5,9-12H,6-8H2,1-2H3,(H,16,17)(H,18,19). The van der Waals surface area contributed by atoms with Crippen LogP contribution in [-0.2, 0) is 14.3 Å². The first kappa shape index (κ1) is 15.6. The fourth-order valence-corrected chi connectivity index (χ4v) is 2.14. The molecule has 1 aliphatic rings. The van der Waals surface area contributed by atoms with Crippen LogP contribution >= 0.6 is 0 Å². The molecular formula is C15H21NO5.